The molecular formula is C17H15N5O2S. The van der Waals surface area contributed by atoms with E-state index in [9.17, 15) is 10.1 Å². The number of thiazole rings is 1. The van der Waals surface area contributed by atoms with Gasteiger partial charge in [-0.05, 0) is 19.1 Å². The Kier molecular flexibility index (Phi) is 4.80. The lowest BCUT2D eigenvalue weighted by atomic mass is 10.1. The van der Waals surface area contributed by atoms with E-state index in [2.05, 4.69) is 15.1 Å². The third-order valence-corrected chi connectivity index (χ3v) is 4.48. The minimum Gasteiger partial charge on any atom is -0.261 e. The van der Waals surface area contributed by atoms with Crippen LogP contribution in [0.25, 0.3) is 11.3 Å². The third kappa shape index (κ3) is 3.53. The summed E-state index contributed by atoms with van der Waals surface area (Å²) in [5, 5.41) is 17.5. The molecule has 0 aliphatic carbocycles. The average molecular weight is 353 g/mol. The van der Waals surface area contributed by atoms with E-state index in [4.69, 9.17) is 0 Å². The van der Waals surface area contributed by atoms with Crippen molar-refractivity contribution in [2.75, 3.05) is 7.05 Å². The normalized spacial score (nSPS) is 12.0. The molecule has 3 rings (SSSR count). The van der Waals surface area contributed by atoms with Crippen molar-refractivity contribution in [2.45, 2.75) is 6.92 Å². The van der Waals surface area contributed by atoms with Crippen LogP contribution >= 0.6 is 11.3 Å². The van der Waals surface area contributed by atoms with Crippen molar-refractivity contribution in [3.8, 4) is 11.3 Å². The summed E-state index contributed by atoms with van der Waals surface area (Å²) in [5.74, 6) is 0. The number of hydrogen-bond acceptors (Lipinski definition) is 6. The number of benzene rings is 1. The fourth-order valence-electron chi connectivity index (χ4n) is 2.30. The Bertz CT molecular complexity index is 1010. The van der Waals surface area contributed by atoms with Gasteiger partial charge < -0.3 is 0 Å². The van der Waals surface area contributed by atoms with E-state index in [1.54, 1.807) is 43.2 Å². The first-order valence-electron chi connectivity index (χ1n) is 7.44. The van der Waals surface area contributed by atoms with Crippen molar-refractivity contribution in [3.05, 3.63) is 74.1 Å². The standard InChI is InChI=1S/C17H15N5O2S/c1-12-6-7-13(9-15(12)22(23)24)16-11-25-17(18-2)21(16)20-10-14-5-3-4-8-19-14/h3-11H,1-2H3/b18-17?,20-10-. The summed E-state index contributed by atoms with van der Waals surface area (Å²) in [5.41, 5.74) is 2.86. The second-order valence-electron chi connectivity index (χ2n) is 5.20. The zero-order valence-corrected chi connectivity index (χ0v) is 14.5. The van der Waals surface area contributed by atoms with E-state index in [0.29, 0.717) is 21.6 Å². The number of aromatic nitrogens is 2. The minimum atomic E-state index is -0.377. The molecule has 0 unspecified atom stereocenters. The number of aryl methyl sites for hydroxylation is 1. The molecule has 25 heavy (non-hydrogen) atoms. The number of hydrogen-bond donors (Lipinski definition) is 0. The fourth-order valence-corrected chi connectivity index (χ4v) is 3.10. The summed E-state index contributed by atoms with van der Waals surface area (Å²) in [6.45, 7) is 1.72. The lowest BCUT2D eigenvalue weighted by Gasteiger charge is -2.05. The first kappa shape index (κ1) is 16.7. The van der Waals surface area contributed by atoms with Crippen molar-refractivity contribution in [2.24, 2.45) is 10.1 Å². The summed E-state index contributed by atoms with van der Waals surface area (Å²) in [6, 6.07) is 10.7. The summed E-state index contributed by atoms with van der Waals surface area (Å²) < 4.78 is 1.66. The number of nitrogens with zero attached hydrogens (tertiary/aromatic N) is 5. The maximum Gasteiger partial charge on any atom is 0.272 e. The lowest BCUT2D eigenvalue weighted by Crippen LogP contribution is -2.11. The first-order valence-corrected chi connectivity index (χ1v) is 8.32. The Morgan fingerprint density at radius 2 is 2.16 bits per heavy atom. The lowest BCUT2D eigenvalue weighted by molar-refractivity contribution is -0.385. The van der Waals surface area contributed by atoms with Gasteiger partial charge in [0, 0.05) is 35.8 Å². The Morgan fingerprint density at radius 3 is 2.84 bits per heavy atom. The van der Waals surface area contributed by atoms with Crippen LogP contribution in [-0.4, -0.2) is 27.8 Å². The van der Waals surface area contributed by atoms with Crippen LogP contribution in [0, 0.1) is 17.0 Å². The molecule has 0 saturated carbocycles. The molecule has 0 amide bonds. The molecule has 0 radical (unpaired) electrons. The monoisotopic (exact) mass is 353 g/mol. The van der Waals surface area contributed by atoms with Crippen LogP contribution in [0.2, 0.25) is 0 Å². The molecule has 0 fully saturated rings. The largest absolute Gasteiger partial charge is 0.272 e. The van der Waals surface area contributed by atoms with E-state index < -0.39 is 0 Å². The van der Waals surface area contributed by atoms with Gasteiger partial charge in [-0.15, -0.1) is 11.3 Å². The first-order chi connectivity index (χ1) is 12.1. The molecule has 0 saturated heterocycles. The van der Waals surface area contributed by atoms with Crippen molar-refractivity contribution in [1.29, 1.82) is 0 Å². The van der Waals surface area contributed by atoms with Gasteiger partial charge in [0.15, 0.2) is 0 Å². The van der Waals surface area contributed by atoms with Gasteiger partial charge in [0.05, 0.1) is 22.5 Å². The predicted octanol–water partition coefficient (Wildman–Crippen LogP) is 3.24. The average Bonchev–Trinajstić information content (AvgIpc) is 3.04. The van der Waals surface area contributed by atoms with Gasteiger partial charge >= 0.3 is 0 Å². The van der Waals surface area contributed by atoms with E-state index in [1.165, 1.54) is 11.3 Å². The highest BCUT2D eigenvalue weighted by Crippen LogP contribution is 2.27. The summed E-state index contributed by atoms with van der Waals surface area (Å²) in [4.78, 5) is 19.9. The third-order valence-electron chi connectivity index (χ3n) is 3.57. The number of nitro benzene ring substituents is 1. The van der Waals surface area contributed by atoms with Crippen molar-refractivity contribution in [1.82, 2.24) is 9.66 Å². The number of nitro groups is 1. The Hall–Kier alpha value is -3.13. The Labute approximate surface area is 147 Å². The number of rotatable bonds is 4. The molecule has 126 valence electrons. The Balaban J connectivity index is 2.10. The second kappa shape index (κ2) is 7.18. The minimum absolute atomic E-state index is 0.0824. The van der Waals surface area contributed by atoms with E-state index in [1.807, 2.05) is 29.6 Å². The molecule has 0 aliphatic heterocycles. The predicted molar refractivity (Wildman–Crippen MR) is 97.9 cm³/mol. The van der Waals surface area contributed by atoms with Crippen LogP contribution in [0.15, 0.2) is 58.1 Å². The Morgan fingerprint density at radius 1 is 1.32 bits per heavy atom. The molecule has 0 aliphatic rings. The molecular weight excluding hydrogens is 338 g/mol. The molecule has 1 aromatic carbocycles. The van der Waals surface area contributed by atoms with Gasteiger partial charge in [-0.2, -0.15) is 5.10 Å². The van der Waals surface area contributed by atoms with Gasteiger partial charge in [0.25, 0.3) is 5.69 Å². The molecule has 0 atom stereocenters. The van der Waals surface area contributed by atoms with Gasteiger partial charge in [0.2, 0.25) is 4.80 Å². The van der Waals surface area contributed by atoms with Crippen LogP contribution in [-0.2, 0) is 0 Å². The molecule has 0 N–H and O–H groups in total. The second-order valence-corrected chi connectivity index (χ2v) is 6.03. The highest BCUT2D eigenvalue weighted by Gasteiger charge is 2.14. The van der Waals surface area contributed by atoms with Crippen LogP contribution in [0.4, 0.5) is 5.69 Å². The van der Waals surface area contributed by atoms with Gasteiger partial charge in [-0.3, -0.25) is 20.1 Å². The van der Waals surface area contributed by atoms with Gasteiger partial charge in [-0.25, -0.2) is 4.68 Å². The molecule has 2 heterocycles. The summed E-state index contributed by atoms with van der Waals surface area (Å²) >= 11 is 1.42. The molecule has 3 aromatic rings. The fraction of sp³-hybridized carbons (Fsp3) is 0.118. The van der Waals surface area contributed by atoms with Gasteiger partial charge in [-0.1, -0.05) is 18.2 Å². The molecule has 7 nitrogen and oxygen atoms in total. The van der Waals surface area contributed by atoms with Gasteiger partial charge in [0.1, 0.15) is 0 Å². The maximum atomic E-state index is 11.2. The summed E-state index contributed by atoms with van der Waals surface area (Å²) in [7, 11) is 1.68. The van der Waals surface area contributed by atoms with E-state index >= 15 is 0 Å². The maximum absolute atomic E-state index is 11.2. The zero-order valence-electron chi connectivity index (χ0n) is 13.7. The van der Waals surface area contributed by atoms with Crippen molar-refractivity contribution < 1.29 is 4.92 Å². The highest BCUT2D eigenvalue weighted by atomic mass is 32.1. The number of pyridine rings is 1. The van der Waals surface area contributed by atoms with E-state index in [-0.39, 0.29) is 10.6 Å². The van der Waals surface area contributed by atoms with E-state index in [0.717, 1.165) is 5.69 Å². The molecule has 0 bridgehead atoms. The van der Waals surface area contributed by atoms with Crippen molar-refractivity contribution >= 4 is 23.2 Å². The van der Waals surface area contributed by atoms with Crippen LogP contribution in [0.1, 0.15) is 11.3 Å². The molecule has 2 aromatic heterocycles. The SMILES string of the molecule is CN=c1scc(-c2ccc(C)c([N+](=O)[O-])c2)n1/N=C\c1ccccn1. The topological polar surface area (TPSA) is 85.7 Å². The quantitative estimate of drug-likeness (QED) is 0.410. The molecule has 8 heteroatoms. The molecule has 0 spiro atoms. The smallest absolute Gasteiger partial charge is 0.261 e. The van der Waals surface area contributed by atoms with Crippen LogP contribution in [0.3, 0.4) is 0 Å². The summed E-state index contributed by atoms with van der Waals surface area (Å²) in [6.07, 6.45) is 3.32. The zero-order chi connectivity index (χ0) is 17.8. The van der Waals surface area contributed by atoms with Crippen LogP contribution in [0.5, 0.6) is 0 Å². The van der Waals surface area contributed by atoms with Crippen molar-refractivity contribution in [3.63, 3.8) is 0 Å². The highest BCUT2D eigenvalue weighted by molar-refractivity contribution is 7.07. The van der Waals surface area contributed by atoms with Crippen LogP contribution < -0.4 is 4.80 Å².